The molecule has 24 heavy (non-hydrogen) atoms. The number of imidazole rings is 1. The van der Waals surface area contributed by atoms with Gasteiger partial charge in [0.1, 0.15) is 5.82 Å². The average molecular weight is 322 g/mol. The molecule has 0 unspecified atom stereocenters. The number of carbonyl (C=O) groups excluding carboxylic acids is 1. The minimum atomic E-state index is -0.545. The van der Waals surface area contributed by atoms with Gasteiger partial charge in [0.2, 0.25) is 11.8 Å². The van der Waals surface area contributed by atoms with Crippen molar-refractivity contribution >= 4 is 22.6 Å². The molecule has 1 amide bonds. The molecule has 122 valence electrons. The molecule has 2 N–H and O–H groups in total. The smallest absolute Gasteiger partial charge is 0.234 e. The van der Waals surface area contributed by atoms with Crippen molar-refractivity contribution in [2.24, 2.45) is 0 Å². The summed E-state index contributed by atoms with van der Waals surface area (Å²) in [4.78, 5) is 24.4. The molecule has 4 rings (SSSR count). The number of anilines is 1. The van der Waals surface area contributed by atoms with Crippen molar-refractivity contribution in [1.29, 1.82) is 0 Å². The fraction of sp³-hybridized carbons (Fsp3) is 0.278. The van der Waals surface area contributed by atoms with Gasteiger partial charge >= 0.3 is 0 Å². The number of benzene rings is 1. The van der Waals surface area contributed by atoms with Gasteiger partial charge in [0, 0.05) is 11.9 Å². The maximum atomic E-state index is 12.1. The van der Waals surface area contributed by atoms with Gasteiger partial charge in [-0.2, -0.15) is 0 Å². The molecule has 3 heterocycles. The van der Waals surface area contributed by atoms with Crippen molar-refractivity contribution in [2.45, 2.75) is 26.2 Å². The number of nitrogens with one attached hydrogen (secondary N) is 2. The molecular formula is C18H18N4O2. The first-order valence-corrected chi connectivity index (χ1v) is 7.77. The molecule has 0 atom stereocenters. The first-order chi connectivity index (χ1) is 11.4. The predicted octanol–water partition coefficient (Wildman–Crippen LogP) is 3.17. The van der Waals surface area contributed by atoms with Crippen LogP contribution in [0.1, 0.15) is 25.0 Å². The number of ether oxygens (including phenoxy) is 1. The van der Waals surface area contributed by atoms with Crippen molar-refractivity contribution in [3.63, 3.8) is 0 Å². The van der Waals surface area contributed by atoms with Gasteiger partial charge in [0.15, 0.2) is 0 Å². The van der Waals surface area contributed by atoms with Crippen LogP contribution in [0, 0.1) is 6.92 Å². The maximum Gasteiger partial charge on any atom is 0.234 e. The van der Waals surface area contributed by atoms with E-state index in [9.17, 15) is 4.79 Å². The van der Waals surface area contributed by atoms with Crippen molar-refractivity contribution < 1.29 is 9.53 Å². The molecule has 1 aliphatic heterocycles. The Bertz CT molecular complexity index is 988. The van der Waals surface area contributed by atoms with E-state index in [0.717, 1.165) is 33.4 Å². The fourth-order valence-corrected chi connectivity index (χ4v) is 3.17. The number of aromatic amines is 1. The van der Waals surface area contributed by atoms with E-state index in [2.05, 4.69) is 20.3 Å². The summed E-state index contributed by atoms with van der Waals surface area (Å²) >= 11 is 0. The van der Waals surface area contributed by atoms with E-state index in [1.54, 1.807) is 13.3 Å². The van der Waals surface area contributed by atoms with Crippen LogP contribution in [-0.2, 0) is 10.2 Å². The minimum Gasteiger partial charge on any atom is -0.480 e. The zero-order valence-electron chi connectivity index (χ0n) is 14.0. The molecule has 0 saturated heterocycles. The third-order valence-electron chi connectivity index (χ3n) is 4.67. The highest BCUT2D eigenvalue weighted by molar-refractivity contribution is 6.07. The molecule has 6 nitrogen and oxygen atoms in total. The third kappa shape index (κ3) is 1.92. The molecule has 2 aromatic heterocycles. The number of methoxy groups -OCH3 is 1. The Kier molecular flexibility index (Phi) is 2.94. The number of nitrogens with zero attached hydrogens (tertiary/aromatic N) is 2. The van der Waals surface area contributed by atoms with Crippen LogP contribution < -0.4 is 10.1 Å². The highest BCUT2D eigenvalue weighted by Crippen LogP contribution is 2.40. The minimum absolute atomic E-state index is 0.00940. The number of pyridine rings is 1. The van der Waals surface area contributed by atoms with Crippen LogP contribution >= 0.6 is 0 Å². The Morgan fingerprint density at radius 2 is 2.04 bits per heavy atom. The Morgan fingerprint density at radius 1 is 1.25 bits per heavy atom. The number of amides is 1. The van der Waals surface area contributed by atoms with Gasteiger partial charge in [-0.25, -0.2) is 9.97 Å². The van der Waals surface area contributed by atoms with Crippen molar-refractivity contribution in [3.05, 3.63) is 35.5 Å². The Labute approximate surface area is 139 Å². The lowest BCUT2D eigenvalue weighted by Gasteiger charge is -2.14. The number of hydrogen-bond acceptors (Lipinski definition) is 4. The summed E-state index contributed by atoms with van der Waals surface area (Å²) in [6, 6.07) is 5.83. The van der Waals surface area contributed by atoms with Gasteiger partial charge < -0.3 is 15.0 Å². The van der Waals surface area contributed by atoms with E-state index in [0.29, 0.717) is 11.7 Å². The second-order valence-corrected chi connectivity index (χ2v) is 6.59. The molecule has 0 spiro atoms. The second kappa shape index (κ2) is 4.80. The van der Waals surface area contributed by atoms with Gasteiger partial charge in [-0.15, -0.1) is 0 Å². The number of rotatable bonds is 2. The van der Waals surface area contributed by atoms with Gasteiger partial charge in [0.25, 0.3) is 0 Å². The molecule has 1 aliphatic rings. The SMILES string of the molecule is COc1nccc(C)c1-c1nc2cc3c(cc2[nH]1)C(C)(C)C(=O)N3. The number of aryl methyl sites for hydroxylation is 1. The number of H-pyrrole nitrogens is 1. The standard InChI is InChI=1S/C18H18N4O2/c1-9-5-6-19-16(24-4)14(9)15-20-12-7-10-11(8-13(12)21-15)22-17(23)18(10,2)3/h5-8H,1-4H3,(H,20,21)(H,22,23). The van der Waals surface area contributed by atoms with Crippen LogP contribution in [0.2, 0.25) is 0 Å². The van der Waals surface area contributed by atoms with Gasteiger partial charge in [0.05, 0.1) is 29.1 Å². The van der Waals surface area contributed by atoms with E-state index < -0.39 is 5.41 Å². The van der Waals surface area contributed by atoms with Crippen LogP contribution in [0.15, 0.2) is 24.4 Å². The number of carbonyl (C=O) groups is 1. The van der Waals surface area contributed by atoms with Crippen LogP contribution in [0.25, 0.3) is 22.4 Å². The fourth-order valence-electron chi connectivity index (χ4n) is 3.17. The quantitative estimate of drug-likeness (QED) is 0.759. The molecule has 6 heteroatoms. The molecular weight excluding hydrogens is 304 g/mol. The zero-order chi connectivity index (χ0) is 17.1. The van der Waals surface area contributed by atoms with E-state index in [1.807, 2.05) is 39.0 Å². The van der Waals surface area contributed by atoms with Gasteiger partial charge in [-0.05, 0) is 50.1 Å². The van der Waals surface area contributed by atoms with E-state index in [-0.39, 0.29) is 5.91 Å². The van der Waals surface area contributed by atoms with Gasteiger partial charge in [-0.1, -0.05) is 0 Å². The Balaban J connectivity index is 1.92. The van der Waals surface area contributed by atoms with Crippen molar-refractivity contribution in [2.75, 3.05) is 12.4 Å². The molecule has 0 radical (unpaired) electrons. The molecule has 1 aromatic carbocycles. The van der Waals surface area contributed by atoms with Crippen molar-refractivity contribution in [1.82, 2.24) is 15.0 Å². The van der Waals surface area contributed by atoms with Crippen LogP contribution in [0.3, 0.4) is 0 Å². The first kappa shape index (κ1) is 14.7. The summed E-state index contributed by atoms with van der Waals surface area (Å²) in [5.41, 5.74) is 4.82. The van der Waals surface area contributed by atoms with E-state index >= 15 is 0 Å². The monoisotopic (exact) mass is 322 g/mol. The van der Waals surface area contributed by atoms with Crippen molar-refractivity contribution in [3.8, 4) is 17.3 Å². The molecule has 0 fully saturated rings. The lowest BCUT2D eigenvalue weighted by atomic mass is 9.86. The zero-order valence-corrected chi connectivity index (χ0v) is 14.0. The topological polar surface area (TPSA) is 79.9 Å². The molecule has 0 aliphatic carbocycles. The van der Waals surface area contributed by atoms with Crippen LogP contribution in [-0.4, -0.2) is 28.0 Å². The summed E-state index contributed by atoms with van der Waals surface area (Å²) in [7, 11) is 1.60. The van der Waals surface area contributed by atoms with Crippen LogP contribution in [0.4, 0.5) is 5.69 Å². The average Bonchev–Trinajstić information content (AvgIpc) is 3.04. The van der Waals surface area contributed by atoms with E-state index in [1.165, 1.54) is 0 Å². The number of fused-ring (bicyclic) bond motifs is 2. The summed E-state index contributed by atoms with van der Waals surface area (Å²) in [6.45, 7) is 5.84. The maximum absolute atomic E-state index is 12.1. The lowest BCUT2D eigenvalue weighted by Crippen LogP contribution is -2.26. The molecule has 0 saturated carbocycles. The predicted molar refractivity (Wildman–Crippen MR) is 92.3 cm³/mol. The summed E-state index contributed by atoms with van der Waals surface area (Å²) < 4.78 is 5.38. The Morgan fingerprint density at radius 3 is 2.79 bits per heavy atom. The summed E-state index contributed by atoms with van der Waals surface area (Å²) in [6.07, 6.45) is 1.72. The third-order valence-corrected chi connectivity index (χ3v) is 4.67. The normalized spacial score (nSPS) is 15.4. The Hall–Kier alpha value is -2.89. The highest BCUT2D eigenvalue weighted by atomic mass is 16.5. The lowest BCUT2D eigenvalue weighted by molar-refractivity contribution is -0.119. The number of aromatic nitrogens is 3. The second-order valence-electron chi connectivity index (χ2n) is 6.59. The van der Waals surface area contributed by atoms with Crippen LogP contribution in [0.5, 0.6) is 5.88 Å². The summed E-state index contributed by atoms with van der Waals surface area (Å²) in [5, 5.41) is 2.93. The van der Waals surface area contributed by atoms with E-state index in [4.69, 9.17) is 4.74 Å². The molecule has 3 aromatic rings. The van der Waals surface area contributed by atoms with Gasteiger partial charge in [-0.3, -0.25) is 4.79 Å². The number of hydrogen-bond donors (Lipinski definition) is 2. The summed E-state index contributed by atoms with van der Waals surface area (Å²) in [5.74, 6) is 1.26. The first-order valence-electron chi connectivity index (χ1n) is 7.77. The molecule has 0 bridgehead atoms. The largest absolute Gasteiger partial charge is 0.480 e. The highest BCUT2D eigenvalue weighted by Gasteiger charge is 2.38.